The summed E-state index contributed by atoms with van der Waals surface area (Å²) in [5, 5.41) is 19.0. The molecule has 0 saturated heterocycles. The quantitative estimate of drug-likeness (QED) is 0.0408. The lowest BCUT2D eigenvalue weighted by Gasteiger charge is -2.27. The lowest BCUT2D eigenvalue weighted by atomic mass is 9.81. The number of nitrogens with zero attached hydrogens (tertiary/aromatic N) is 17. The van der Waals surface area contributed by atoms with Crippen LogP contribution in [0.15, 0.2) is 266 Å². The van der Waals surface area contributed by atoms with Crippen molar-refractivity contribution in [3.05, 3.63) is 400 Å². The molecular weight excluding hydrogens is 1780 g/mol. The van der Waals surface area contributed by atoms with Gasteiger partial charge in [-0.1, -0.05) is 229 Å². The molecule has 20 rings (SSSR count). The zero-order valence-corrected chi connectivity index (χ0v) is 83.0. The molecule has 1 aliphatic carbocycles. The minimum Gasteiger partial charge on any atom is -0.496 e. The summed E-state index contributed by atoms with van der Waals surface area (Å²) in [6.07, 6.45) is 23.0. The van der Waals surface area contributed by atoms with E-state index < -0.39 is 16.2 Å². The van der Waals surface area contributed by atoms with Crippen molar-refractivity contribution in [3.63, 3.8) is 0 Å². The molecule has 25 heteroatoms. The van der Waals surface area contributed by atoms with Crippen LogP contribution in [0, 0.1) is 0 Å². The maximum atomic E-state index is 10.5. The first kappa shape index (κ1) is 93.6. The first-order valence-corrected chi connectivity index (χ1v) is 48.0. The van der Waals surface area contributed by atoms with Gasteiger partial charge in [0.05, 0.1) is 56.0 Å². The van der Waals surface area contributed by atoms with Crippen LogP contribution in [0.3, 0.4) is 0 Å². The second-order valence-electron chi connectivity index (χ2n) is 39.9. The first-order valence-electron chi connectivity index (χ1n) is 48.0. The number of hydrogen-bond donors (Lipinski definition) is 2. The molecule has 25 nitrogen and oxygen atoms in total. The molecule has 0 spiro atoms. The lowest BCUT2D eigenvalue weighted by Crippen LogP contribution is -2.16. The number of aromatic amines is 2. The molecule has 0 fully saturated rings. The fourth-order valence-corrected chi connectivity index (χ4v) is 19.9. The Hall–Kier alpha value is -17.0. The summed E-state index contributed by atoms with van der Waals surface area (Å²) in [6.45, 7) is 20.2. The van der Waals surface area contributed by atoms with Gasteiger partial charge in [0.2, 0.25) is 0 Å². The van der Waals surface area contributed by atoms with Crippen molar-refractivity contribution in [3.8, 4) is 95.9 Å². The normalized spacial score (nSPS) is 12.6. The highest BCUT2D eigenvalue weighted by Gasteiger charge is 2.32. The predicted molar refractivity (Wildman–Crippen MR) is 566 cm³/mol. The minimum atomic E-state index is -0.430. The average molecular weight is 1890 g/mol. The van der Waals surface area contributed by atoms with E-state index in [4.69, 9.17) is 63.7 Å². The molecule has 0 unspecified atom stereocenters. The smallest absolute Gasteiger partial charge is 0.146 e. The van der Waals surface area contributed by atoms with Gasteiger partial charge in [-0.05, 0) is 207 Å². The molecule has 143 heavy (non-hydrogen) atoms. The van der Waals surface area contributed by atoms with E-state index in [1.165, 1.54) is 0 Å². The van der Waals surface area contributed by atoms with Gasteiger partial charge in [0.15, 0.2) is 0 Å². The minimum absolute atomic E-state index is 0.105. The van der Waals surface area contributed by atoms with Crippen LogP contribution in [0.4, 0.5) is 11.4 Å². The number of imidazole rings is 3. The number of aryl methyl sites for hydroxylation is 3. The van der Waals surface area contributed by atoms with Crippen molar-refractivity contribution in [2.45, 2.75) is 137 Å². The van der Waals surface area contributed by atoms with Gasteiger partial charge in [0, 0.05) is 179 Å². The number of H-pyrrole nitrogens is 2. The maximum absolute atomic E-state index is 10.5. The maximum Gasteiger partial charge on any atom is 0.146 e. The Kier molecular flexibility index (Phi) is 25.5. The molecule has 9 heterocycles. The Bertz CT molecular complexity index is 7870. The summed E-state index contributed by atoms with van der Waals surface area (Å²) in [5.41, 5.74) is 50.0. The molecular formula is C118H111N19O6. The third kappa shape index (κ3) is 19.3. The number of ether oxygens (including phenoxy) is 6. The van der Waals surface area contributed by atoms with Crippen LogP contribution in [0.5, 0.6) is 34.5 Å². The fraction of sp³-hybridized carbons (Fsp3) is 0.229. The first-order chi connectivity index (χ1) is 69.2. The van der Waals surface area contributed by atoms with Crippen LogP contribution in [0.2, 0.25) is 0 Å². The molecule has 0 amide bonds. The molecule has 2 N–H and O–H groups in total. The van der Waals surface area contributed by atoms with Crippen molar-refractivity contribution in [1.82, 2.24) is 63.6 Å². The molecule has 20 bridgehead atoms. The number of fused-ring (bicyclic) bond motifs is 20. The zero-order chi connectivity index (χ0) is 99.1. The average Bonchev–Trinajstić information content (AvgIpc) is 1.53. The van der Waals surface area contributed by atoms with Crippen LogP contribution in [0.1, 0.15) is 186 Å². The van der Waals surface area contributed by atoms with Crippen molar-refractivity contribution < 1.29 is 28.4 Å². The Morgan fingerprint density at radius 3 is 0.881 bits per heavy atom. The highest BCUT2D eigenvalue weighted by Crippen LogP contribution is 2.49. The highest BCUT2D eigenvalue weighted by atomic mass is 16.5. The Labute approximate surface area is 830 Å². The number of nitrogens with one attached hydrogen (secondary N) is 2. The number of aromatic nitrogens is 13. The van der Waals surface area contributed by atoms with Gasteiger partial charge >= 0.3 is 0 Å². The summed E-state index contributed by atoms with van der Waals surface area (Å²) in [6, 6.07) is 73.8. The van der Waals surface area contributed by atoms with Gasteiger partial charge in [-0.3, -0.25) is 0 Å². The summed E-state index contributed by atoms with van der Waals surface area (Å²) in [5.74, 6) is 5.73. The molecule has 2 aliphatic heterocycles. The van der Waals surface area contributed by atoms with E-state index in [9.17, 15) is 11.1 Å². The van der Waals surface area contributed by atoms with E-state index in [2.05, 4.69) is 286 Å². The van der Waals surface area contributed by atoms with Crippen molar-refractivity contribution in [1.29, 1.82) is 0 Å². The van der Waals surface area contributed by atoms with Gasteiger partial charge in [0.1, 0.15) is 77.5 Å². The molecule has 714 valence electrons. The Balaban J connectivity index is 0.793. The number of hydrogen-bond acceptors (Lipinski definition) is 15. The SMILES string of the molecule is COc1c2cc(N=[N+]=[N-])cc1Cc1cc(C(C)(C)C)cc(c1OCc1nccn1C)Cc1cc(-n3cc(-c4ccc(-c5c6nc(c(-c7ccccc7)c7ccc([nH]7)c(-c7ccccc7)c7nc(c(-c8ccccc8)c8ccc5[nH]8)C=C7)C=C6)cc4)nn3)cc(c1OC)Cc1cc(C(C)(C)C)cc(c1OCc1nccn1C)Cc1cc(N=[N+]=[N-])cc(c1OC)Cc1cc(C(C)(C)C)cc(c1OCc1nccn1C)C2. The van der Waals surface area contributed by atoms with Crippen LogP contribution >= 0.6 is 0 Å². The van der Waals surface area contributed by atoms with Crippen LogP contribution in [-0.2, 0) is 95.7 Å². The van der Waals surface area contributed by atoms with Crippen LogP contribution in [-0.4, -0.2) is 84.9 Å². The van der Waals surface area contributed by atoms with E-state index in [0.29, 0.717) is 74.7 Å². The predicted octanol–water partition coefficient (Wildman–Crippen LogP) is 27.2. The van der Waals surface area contributed by atoms with Crippen LogP contribution in [0.25, 0.3) is 129 Å². The lowest BCUT2D eigenvalue weighted by molar-refractivity contribution is 0.286. The van der Waals surface area contributed by atoms with Gasteiger partial charge in [-0.2, -0.15) is 0 Å². The van der Waals surface area contributed by atoms with E-state index in [0.717, 1.165) is 178 Å². The van der Waals surface area contributed by atoms with Gasteiger partial charge in [-0.25, -0.2) is 29.6 Å². The molecule has 0 atom stereocenters. The molecule has 0 radical (unpaired) electrons. The second-order valence-corrected chi connectivity index (χ2v) is 39.9. The number of methoxy groups -OCH3 is 3. The Morgan fingerprint density at radius 1 is 0.343 bits per heavy atom. The molecule has 0 saturated carbocycles. The monoisotopic (exact) mass is 1890 g/mol. The van der Waals surface area contributed by atoms with Gasteiger partial charge < -0.3 is 52.1 Å². The molecule has 17 aromatic rings. The van der Waals surface area contributed by atoms with Crippen molar-refractivity contribution in [2.24, 2.45) is 31.4 Å². The van der Waals surface area contributed by atoms with E-state index in [1.807, 2.05) is 107 Å². The standard InChI is InChI=1S/C118H111N19O6/c1-116(2,3)88-55-76-49-82-61-91(128-131-119)63-84(110(82)138-13)51-78-57-89(117(4,5)6)59-80(114(78)142-69-104-122-44-47-135(104)11)53-86-65-93(66-87(112(86)140-15)54-81-60-90(118(7,8)9)58-79(115(81)143-70-105-123-45-48-136(105)12)52-85-64-92(129-132-120)62-83(111(85)139-14)50-77(56-88)113(76)141-68-103-121-43-46-134(103)10)137-67-102(130-133-137)71-31-33-75(34-32-71)109-100-41-39-98(126-100)107(73-27-21-17-22-28-73)96-37-35-94(124-96)106(72-25-19-16-20-26-72)95-36-38-97(125-95)108(74-29-23-18-24-30-74)99-40-42-101(109)127-99/h16-48,55-67,124,127H,49-54,68-70H2,1-15H3. The zero-order valence-electron chi connectivity index (χ0n) is 83.0. The second kappa shape index (κ2) is 39.0. The van der Waals surface area contributed by atoms with Crippen molar-refractivity contribution >= 4 is 57.7 Å². The van der Waals surface area contributed by atoms with E-state index in [-0.39, 0.29) is 58.3 Å². The highest BCUT2D eigenvalue weighted by molar-refractivity contribution is 6.00. The molecule has 10 aromatic carbocycles. The van der Waals surface area contributed by atoms with Crippen molar-refractivity contribution in [2.75, 3.05) is 21.3 Å². The van der Waals surface area contributed by atoms with Gasteiger partial charge in [0.25, 0.3) is 0 Å². The molecule has 3 aliphatic rings. The number of azide groups is 2. The van der Waals surface area contributed by atoms with Crippen LogP contribution < -0.4 is 28.4 Å². The third-order valence-electron chi connectivity index (χ3n) is 27.2. The Morgan fingerprint density at radius 2 is 0.615 bits per heavy atom. The van der Waals surface area contributed by atoms with E-state index >= 15 is 0 Å². The summed E-state index contributed by atoms with van der Waals surface area (Å²) in [7, 11) is 11.0. The number of rotatable bonds is 20. The fourth-order valence-electron chi connectivity index (χ4n) is 19.9. The topological polar surface area (TPSA) is 294 Å². The van der Waals surface area contributed by atoms with Gasteiger partial charge in [-0.15, -0.1) is 5.10 Å². The third-order valence-corrected chi connectivity index (χ3v) is 27.2. The number of benzene rings is 10. The summed E-state index contributed by atoms with van der Waals surface area (Å²) < 4.78 is 50.4. The van der Waals surface area contributed by atoms with E-state index in [1.54, 1.807) is 39.9 Å². The summed E-state index contributed by atoms with van der Waals surface area (Å²) >= 11 is 0. The largest absolute Gasteiger partial charge is 0.496 e. The molecule has 7 aromatic heterocycles. The summed E-state index contributed by atoms with van der Waals surface area (Å²) in [4.78, 5) is 40.3.